The molecule has 0 saturated heterocycles. The normalized spacial score (nSPS) is 13.8. The second kappa shape index (κ2) is 16.3. The fraction of sp³-hybridized carbons (Fsp3) is 0.615. The molecular formula is C26H39NO11. The first-order valence-electron chi connectivity index (χ1n) is 12.5. The minimum atomic E-state index is -1.63. The lowest BCUT2D eigenvalue weighted by Crippen LogP contribution is -2.53. The zero-order valence-electron chi connectivity index (χ0n) is 22.9. The molecule has 3 atom stereocenters. The molecule has 1 unspecified atom stereocenters. The monoisotopic (exact) mass is 541 g/mol. The van der Waals surface area contributed by atoms with Crippen LogP contribution in [0.3, 0.4) is 0 Å². The summed E-state index contributed by atoms with van der Waals surface area (Å²) in [6, 6.07) is 4.27. The van der Waals surface area contributed by atoms with Gasteiger partial charge in [0.1, 0.15) is 17.7 Å². The molecule has 0 aromatic heterocycles. The number of esters is 1. The molecule has 0 aliphatic heterocycles. The van der Waals surface area contributed by atoms with Crippen LogP contribution in [0.1, 0.15) is 65.9 Å². The summed E-state index contributed by atoms with van der Waals surface area (Å²) in [6.45, 7) is 9.05. The molecule has 0 spiro atoms. The van der Waals surface area contributed by atoms with Gasteiger partial charge in [-0.25, -0.2) is 14.4 Å². The quantitative estimate of drug-likeness (QED) is 0.197. The number of benzene rings is 1. The standard InChI is InChI=1S/C26H39NO11/c1-7-12-33-23(29)37-20-11-10-19(14-21(20)38-24(30)34-13-8-2)16-26(27,22(28)32-6)15-18(5)36-25(31)35-17(4)9-3/h10-11,14,17-18H,7-9,12-13,15-16,27H2,1-6H3/t17-,18-,26?/m0/s1. The number of rotatable bonds is 14. The molecule has 0 radical (unpaired) electrons. The Hall–Kier alpha value is -3.54. The maximum absolute atomic E-state index is 12.7. The lowest BCUT2D eigenvalue weighted by molar-refractivity contribution is -0.148. The van der Waals surface area contributed by atoms with Crippen molar-refractivity contribution < 1.29 is 52.3 Å². The van der Waals surface area contributed by atoms with Crippen molar-refractivity contribution in [2.45, 2.75) is 84.5 Å². The number of hydrogen-bond acceptors (Lipinski definition) is 12. The molecule has 0 aliphatic rings. The molecular weight excluding hydrogens is 502 g/mol. The van der Waals surface area contributed by atoms with Crippen molar-refractivity contribution in [3.8, 4) is 11.5 Å². The summed E-state index contributed by atoms with van der Waals surface area (Å²) >= 11 is 0. The topological polar surface area (TPSA) is 159 Å². The van der Waals surface area contributed by atoms with E-state index in [1.54, 1.807) is 13.8 Å². The van der Waals surface area contributed by atoms with E-state index in [-0.39, 0.29) is 43.7 Å². The number of methoxy groups -OCH3 is 1. The number of carbonyl (C=O) groups excluding carboxylic acids is 4. The molecule has 2 N–H and O–H groups in total. The molecule has 0 fully saturated rings. The van der Waals surface area contributed by atoms with Crippen LogP contribution in [0.4, 0.5) is 14.4 Å². The zero-order valence-corrected chi connectivity index (χ0v) is 22.9. The van der Waals surface area contributed by atoms with Gasteiger partial charge in [-0.05, 0) is 50.8 Å². The molecule has 12 heteroatoms. The van der Waals surface area contributed by atoms with E-state index in [9.17, 15) is 19.2 Å². The Morgan fingerprint density at radius 2 is 1.39 bits per heavy atom. The van der Waals surface area contributed by atoms with E-state index < -0.39 is 36.1 Å². The fourth-order valence-electron chi connectivity index (χ4n) is 3.23. The second-order valence-electron chi connectivity index (χ2n) is 8.73. The van der Waals surface area contributed by atoms with E-state index in [1.807, 2.05) is 20.8 Å². The Kier molecular flexibility index (Phi) is 14.0. The average Bonchev–Trinajstić information content (AvgIpc) is 2.86. The van der Waals surface area contributed by atoms with E-state index in [1.165, 1.54) is 25.3 Å². The smallest absolute Gasteiger partial charge is 0.468 e. The van der Waals surface area contributed by atoms with Crippen LogP contribution in [0.25, 0.3) is 0 Å². The van der Waals surface area contributed by atoms with Gasteiger partial charge < -0.3 is 38.9 Å². The van der Waals surface area contributed by atoms with E-state index in [4.69, 9.17) is 38.9 Å². The van der Waals surface area contributed by atoms with Crippen LogP contribution in [-0.2, 0) is 34.9 Å². The predicted molar refractivity (Wildman–Crippen MR) is 135 cm³/mol. The summed E-state index contributed by atoms with van der Waals surface area (Å²) in [7, 11) is 1.18. The predicted octanol–water partition coefficient (Wildman–Crippen LogP) is 4.68. The van der Waals surface area contributed by atoms with Gasteiger partial charge in [-0.15, -0.1) is 0 Å². The fourth-order valence-corrected chi connectivity index (χ4v) is 3.23. The first-order chi connectivity index (χ1) is 18.0. The summed E-state index contributed by atoms with van der Waals surface area (Å²) in [6.07, 6.45) is -2.44. The van der Waals surface area contributed by atoms with E-state index in [0.29, 0.717) is 24.8 Å². The van der Waals surface area contributed by atoms with Crippen molar-refractivity contribution in [1.82, 2.24) is 0 Å². The number of hydrogen-bond donors (Lipinski definition) is 1. The number of nitrogens with two attached hydrogens (primary N) is 1. The average molecular weight is 542 g/mol. The Labute approximate surface area is 223 Å². The molecule has 38 heavy (non-hydrogen) atoms. The summed E-state index contributed by atoms with van der Waals surface area (Å²) in [5, 5.41) is 0. The van der Waals surface area contributed by atoms with Crippen molar-refractivity contribution in [3.05, 3.63) is 23.8 Å². The Balaban J connectivity index is 3.17. The summed E-state index contributed by atoms with van der Waals surface area (Å²) in [4.78, 5) is 48.7. The highest BCUT2D eigenvalue weighted by molar-refractivity contribution is 5.81. The Bertz CT molecular complexity index is 936. The van der Waals surface area contributed by atoms with Gasteiger partial charge in [-0.1, -0.05) is 26.8 Å². The van der Waals surface area contributed by atoms with Gasteiger partial charge in [0.25, 0.3) is 0 Å². The molecule has 0 amide bonds. The zero-order chi connectivity index (χ0) is 28.7. The van der Waals surface area contributed by atoms with Gasteiger partial charge in [-0.3, -0.25) is 4.79 Å². The molecule has 1 aromatic carbocycles. The lowest BCUT2D eigenvalue weighted by atomic mass is 9.86. The lowest BCUT2D eigenvalue weighted by Gasteiger charge is -2.29. The molecule has 214 valence electrons. The van der Waals surface area contributed by atoms with Crippen LogP contribution in [0.2, 0.25) is 0 Å². The van der Waals surface area contributed by atoms with Crippen LogP contribution >= 0.6 is 0 Å². The number of ether oxygens (including phenoxy) is 7. The summed E-state index contributed by atoms with van der Waals surface area (Å²) in [5.41, 5.74) is 5.23. The SMILES string of the molecule is CCCOC(=O)Oc1ccc(CC(N)(C[C@H](C)OC(=O)O[C@@H](C)CC)C(=O)OC)cc1OC(=O)OCCC. The van der Waals surface area contributed by atoms with Crippen molar-refractivity contribution in [3.63, 3.8) is 0 Å². The molecule has 0 saturated carbocycles. The first kappa shape index (κ1) is 32.5. The summed E-state index contributed by atoms with van der Waals surface area (Å²) in [5.74, 6) is -1.00. The maximum atomic E-state index is 12.7. The van der Waals surface area contributed by atoms with E-state index in [2.05, 4.69) is 0 Å². The van der Waals surface area contributed by atoms with Crippen molar-refractivity contribution in [1.29, 1.82) is 0 Å². The van der Waals surface area contributed by atoms with Crippen LogP contribution in [-0.4, -0.2) is 62.5 Å². The van der Waals surface area contributed by atoms with Crippen LogP contribution < -0.4 is 15.2 Å². The van der Waals surface area contributed by atoms with Crippen molar-refractivity contribution in [2.75, 3.05) is 20.3 Å². The molecule has 1 aromatic rings. The third-order valence-corrected chi connectivity index (χ3v) is 5.18. The maximum Gasteiger partial charge on any atom is 0.513 e. The molecule has 0 heterocycles. The molecule has 0 aliphatic carbocycles. The molecule has 1 rings (SSSR count). The van der Waals surface area contributed by atoms with Gasteiger partial charge >= 0.3 is 24.4 Å². The largest absolute Gasteiger partial charge is 0.513 e. The second-order valence-corrected chi connectivity index (χ2v) is 8.73. The van der Waals surface area contributed by atoms with Crippen molar-refractivity contribution >= 4 is 24.4 Å². The highest BCUT2D eigenvalue weighted by Crippen LogP contribution is 2.31. The minimum absolute atomic E-state index is 0.102. The third-order valence-electron chi connectivity index (χ3n) is 5.18. The van der Waals surface area contributed by atoms with E-state index >= 15 is 0 Å². The van der Waals surface area contributed by atoms with Crippen LogP contribution in [0.5, 0.6) is 11.5 Å². The van der Waals surface area contributed by atoms with E-state index in [0.717, 1.165) is 0 Å². The highest BCUT2D eigenvalue weighted by atomic mass is 16.7. The van der Waals surface area contributed by atoms with Gasteiger partial charge in [0.15, 0.2) is 11.5 Å². The van der Waals surface area contributed by atoms with Crippen molar-refractivity contribution in [2.24, 2.45) is 5.73 Å². The first-order valence-corrected chi connectivity index (χ1v) is 12.5. The minimum Gasteiger partial charge on any atom is -0.468 e. The highest BCUT2D eigenvalue weighted by Gasteiger charge is 2.38. The Morgan fingerprint density at radius 3 is 1.92 bits per heavy atom. The Morgan fingerprint density at radius 1 is 0.842 bits per heavy atom. The van der Waals surface area contributed by atoms with Gasteiger partial charge in [-0.2, -0.15) is 0 Å². The van der Waals surface area contributed by atoms with Gasteiger partial charge in [0, 0.05) is 12.8 Å². The van der Waals surface area contributed by atoms with Crippen LogP contribution in [0.15, 0.2) is 18.2 Å². The number of carbonyl (C=O) groups is 4. The third kappa shape index (κ3) is 11.2. The molecule has 12 nitrogen and oxygen atoms in total. The van der Waals surface area contributed by atoms with Gasteiger partial charge in [0.05, 0.1) is 20.3 Å². The van der Waals surface area contributed by atoms with Gasteiger partial charge in [0.2, 0.25) is 0 Å². The summed E-state index contributed by atoms with van der Waals surface area (Å²) < 4.78 is 35.5. The van der Waals surface area contributed by atoms with Crippen LogP contribution in [0, 0.1) is 0 Å². The molecule has 0 bridgehead atoms.